The molecule has 3 heteroatoms. The maximum Gasteiger partial charge on any atom is 0.0938 e. The summed E-state index contributed by atoms with van der Waals surface area (Å²) >= 11 is 0. The van der Waals surface area contributed by atoms with Gasteiger partial charge in [-0.15, -0.1) is 17.0 Å². The molecule has 0 aromatic carbocycles. The van der Waals surface area contributed by atoms with Crippen molar-refractivity contribution in [2.24, 2.45) is 0 Å². The molecule has 1 aliphatic heterocycles. The molecule has 1 rings (SSSR count). The molecule has 2 nitrogen and oxygen atoms in total. The van der Waals surface area contributed by atoms with Gasteiger partial charge in [0, 0.05) is 18.4 Å². The highest BCUT2D eigenvalue weighted by Gasteiger charge is 2.11. The van der Waals surface area contributed by atoms with Gasteiger partial charge in [0.25, 0.3) is 0 Å². The van der Waals surface area contributed by atoms with Crippen LogP contribution in [0.25, 0.3) is 0 Å². The molecule has 0 N–H and O–H groups in total. The molecule has 0 aromatic rings. The summed E-state index contributed by atoms with van der Waals surface area (Å²) < 4.78 is 0. The van der Waals surface area contributed by atoms with E-state index < -0.39 is 0 Å². The van der Waals surface area contributed by atoms with Crippen LogP contribution in [0.2, 0.25) is 0 Å². The Morgan fingerprint density at radius 3 is 2.36 bits per heavy atom. The molecule has 0 saturated heterocycles. The highest BCUT2D eigenvalue weighted by Crippen LogP contribution is 2.09. The van der Waals surface area contributed by atoms with Gasteiger partial charge in [-0.1, -0.05) is 6.58 Å². The van der Waals surface area contributed by atoms with Crippen LogP contribution >= 0.6 is 17.0 Å². The normalized spacial score (nSPS) is 15.5. The Bertz CT molecular complexity index is 154. The first kappa shape index (κ1) is 10.6. The Hall–Kier alpha value is -0.440. The van der Waals surface area contributed by atoms with Crippen molar-refractivity contribution < 1.29 is 0 Å². The Morgan fingerprint density at radius 1 is 1.45 bits per heavy atom. The molecule has 0 atom stereocenters. The second-order valence-electron chi connectivity index (χ2n) is 2.74. The quantitative estimate of drug-likeness (QED) is 0.702. The summed E-state index contributed by atoms with van der Waals surface area (Å²) in [6.07, 6.45) is 5.96. The minimum atomic E-state index is 0. The average molecular weight is 219 g/mol. The van der Waals surface area contributed by atoms with Gasteiger partial charge in [-0.05, 0) is 20.0 Å². The minimum Gasteiger partial charge on any atom is -0.356 e. The van der Waals surface area contributed by atoms with E-state index >= 15 is 0 Å². The zero-order chi connectivity index (χ0) is 7.56. The standard InChI is InChI=1S/C8H14N2.BrH/c1-4-9-5-6-10(7-9)8(2)3;/h4-6,8H,1,7H2,2-3H3;1H. The van der Waals surface area contributed by atoms with Gasteiger partial charge in [0.1, 0.15) is 0 Å². The summed E-state index contributed by atoms with van der Waals surface area (Å²) in [5, 5.41) is 0. The molecule has 0 bridgehead atoms. The topological polar surface area (TPSA) is 6.48 Å². The molecule has 0 aromatic heterocycles. The van der Waals surface area contributed by atoms with Crippen LogP contribution in [0.15, 0.2) is 25.2 Å². The van der Waals surface area contributed by atoms with Crippen LogP contribution in [0.1, 0.15) is 13.8 Å². The molecule has 11 heavy (non-hydrogen) atoms. The van der Waals surface area contributed by atoms with Crippen molar-refractivity contribution in [3.05, 3.63) is 25.2 Å². The molecule has 1 heterocycles. The van der Waals surface area contributed by atoms with E-state index in [-0.39, 0.29) is 17.0 Å². The minimum absolute atomic E-state index is 0. The molecule has 0 aliphatic carbocycles. The van der Waals surface area contributed by atoms with E-state index in [1.165, 1.54) is 0 Å². The van der Waals surface area contributed by atoms with E-state index in [2.05, 4.69) is 36.4 Å². The molecular formula is C8H15BrN2. The summed E-state index contributed by atoms with van der Waals surface area (Å²) in [7, 11) is 0. The van der Waals surface area contributed by atoms with Crippen LogP contribution in [0, 0.1) is 0 Å². The SMILES string of the molecule is Br.C=CN1C=CN(C(C)C)C1. The van der Waals surface area contributed by atoms with Crippen LogP contribution < -0.4 is 0 Å². The molecule has 0 radical (unpaired) electrons. The fraction of sp³-hybridized carbons (Fsp3) is 0.500. The van der Waals surface area contributed by atoms with Crippen molar-refractivity contribution in [1.82, 2.24) is 9.80 Å². The highest BCUT2D eigenvalue weighted by atomic mass is 79.9. The number of hydrogen-bond donors (Lipinski definition) is 0. The van der Waals surface area contributed by atoms with E-state index in [1.807, 2.05) is 12.4 Å². The van der Waals surface area contributed by atoms with Crippen molar-refractivity contribution in [2.45, 2.75) is 19.9 Å². The predicted molar refractivity (Wildman–Crippen MR) is 53.3 cm³/mol. The first-order chi connectivity index (χ1) is 4.74. The third-order valence-electron chi connectivity index (χ3n) is 1.67. The van der Waals surface area contributed by atoms with Gasteiger partial charge in [0.15, 0.2) is 0 Å². The van der Waals surface area contributed by atoms with E-state index in [0.29, 0.717) is 6.04 Å². The van der Waals surface area contributed by atoms with Gasteiger partial charge < -0.3 is 9.80 Å². The van der Waals surface area contributed by atoms with E-state index in [9.17, 15) is 0 Å². The van der Waals surface area contributed by atoms with Gasteiger partial charge in [-0.25, -0.2) is 0 Å². The summed E-state index contributed by atoms with van der Waals surface area (Å²) in [5.74, 6) is 0. The molecule has 1 aliphatic rings. The average Bonchev–Trinajstić information content (AvgIpc) is 2.34. The van der Waals surface area contributed by atoms with E-state index in [0.717, 1.165) is 6.67 Å². The van der Waals surface area contributed by atoms with Crippen LogP contribution in [0.4, 0.5) is 0 Å². The second kappa shape index (κ2) is 4.44. The Balaban J connectivity index is 0.000001000. The van der Waals surface area contributed by atoms with E-state index in [4.69, 9.17) is 0 Å². The Labute approximate surface area is 78.9 Å². The lowest BCUT2D eigenvalue weighted by molar-refractivity contribution is 0.268. The van der Waals surface area contributed by atoms with E-state index in [1.54, 1.807) is 0 Å². The van der Waals surface area contributed by atoms with Gasteiger partial charge in [0.2, 0.25) is 0 Å². The van der Waals surface area contributed by atoms with Crippen molar-refractivity contribution in [1.29, 1.82) is 0 Å². The van der Waals surface area contributed by atoms with Gasteiger partial charge in [-0.3, -0.25) is 0 Å². The van der Waals surface area contributed by atoms with Crippen LogP contribution in [-0.2, 0) is 0 Å². The lowest BCUT2D eigenvalue weighted by Gasteiger charge is -2.21. The lowest BCUT2D eigenvalue weighted by Crippen LogP contribution is -2.27. The van der Waals surface area contributed by atoms with Gasteiger partial charge in [0.05, 0.1) is 6.67 Å². The number of hydrogen-bond acceptors (Lipinski definition) is 2. The zero-order valence-electron chi connectivity index (χ0n) is 7.03. The first-order valence-electron chi connectivity index (χ1n) is 3.56. The third kappa shape index (κ3) is 2.58. The maximum absolute atomic E-state index is 3.68. The highest BCUT2D eigenvalue weighted by molar-refractivity contribution is 8.93. The van der Waals surface area contributed by atoms with Crippen molar-refractivity contribution >= 4 is 17.0 Å². The van der Waals surface area contributed by atoms with Gasteiger partial charge in [-0.2, -0.15) is 0 Å². The Kier molecular flexibility index (Phi) is 4.26. The predicted octanol–water partition coefficient (Wildman–Crippen LogP) is 2.16. The Morgan fingerprint density at radius 2 is 2.09 bits per heavy atom. The zero-order valence-corrected chi connectivity index (χ0v) is 8.74. The summed E-state index contributed by atoms with van der Waals surface area (Å²) in [4.78, 5) is 4.31. The monoisotopic (exact) mass is 218 g/mol. The molecule has 0 fully saturated rings. The first-order valence-corrected chi connectivity index (χ1v) is 3.56. The van der Waals surface area contributed by atoms with Crippen LogP contribution in [0.5, 0.6) is 0 Å². The van der Waals surface area contributed by atoms with Crippen LogP contribution in [0.3, 0.4) is 0 Å². The number of nitrogens with zero attached hydrogens (tertiary/aromatic N) is 2. The summed E-state index contributed by atoms with van der Waals surface area (Å²) in [5.41, 5.74) is 0. The van der Waals surface area contributed by atoms with Crippen molar-refractivity contribution in [2.75, 3.05) is 6.67 Å². The van der Waals surface area contributed by atoms with Crippen molar-refractivity contribution in [3.8, 4) is 0 Å². The summed E-state index contributed by atoms with van der Waals surface area (Å²) in [6.45, 7) is 8.99. The maximum atomic E-state index is 3.68. The largest absolute Gasteiger partial charge is 0.356 e. The number of rotatable bonds is 2. The fourth-order valence-corrected chi connectivity index (χ4v) is 0.908. The lowest BCUT2D eigenvalue weighted by atomic mass is 10.4. The molecule has 64 valence electrons. The van der Waals surface area contributed by atoms with Crippen LogP contribution in [-0.4, -0.2) is 22.5 Å². The molecular weight excluding hydrogens is 204 g/mol. The molecule has 0 unspecified atom stereocenters. The third-order valence-corrected chi connectivity index (χ3v) is 1.67. The fourth-order valence-electron chi connectivity index (χ4n) is 0.908. The molecule has 0 amide bonds. The van der Waals surface area contributed by atoms with Crippen molar-refractivity contribution in [3.63, 3.8) is 0 Å². The smallest absolute Gasteiger partial charge is 0.0938 e. The molecule has 0 saturated carbocycles. The molecule has 0 spiro atoms. The number of halogens is 1. The second-order valence-corrected chi connectivity index (χ2v) is 2.74. The van der Waals surface area contributed by atoms with Gasteiger partial charge >= 0.3 is 0 Å². The summed E-state index contributed by atoms with van der Waals surface area (Å²) in [6, 6.07) is 0.584.